The first-order valence-electron chi connectivity index (χ1n) is 16.1. The van der Waals surface area contributed by atoms with E-state index in [-0.39, 0.29) is 23.4 Å². The van der Waals surface area contributed by atoms with Crippen LogP contribution in [0.4, 0.5) is 11.4 Å². The summed E-state index contributed by atoms with van der Waals surface area (Å²) in [6.07, 6.45) is -0.697. The van der Waals surface area contributed by atoms with Crippen LogP contribution in [0.25, 0.3) is 11.1 Å². The van der Waals surface area contributed by atoms with E-state index in [9.17, 15) is 29.8 Å². The minimum Gasteiger partial charge on any atom is -0.460 e. The number of fused-ring (bicyclic) bond motifs is 9. The largest absolute Gasteiger partial charge is 0.460 e. The van der Waals surface area contributed by atoms with E-state index in [1.165, 1.54) is 12.1 Å². The minimum atomic E-state index is -1.64. The first-order valence-corrected chi connectivity index (χ1v) is 16.1. The van der Waals surface area contributed by atoms with Crippen LogP contribution in [0.5, 0.6) is 0 Å². The van der Waals surface area contributed by atoms with Crippen molar-refractivity contribution < 1.29 is 28.9 Å². The first-order chi connectivity index (χ1) is 23.4. The molecule has 0 aromatic heterocycles. The number of benzene rings is 4. The number of hydrogen-bond donors (Lipinski definition) is 0. The zero-order chi connectivity index (χ0) is 34.8. The average Bonchev–Trinajstić information content (AvgIpc) is 3.53. The summed E-state index contributed by atoms with van der Waals surface area (Å²) in [7, 11) is 0. The maximum atomic E-state index is 14.9. The van der Waals surface area contributed by atoms with Gasteiger partial charge in [-0.2, -0.15) is 0 Å². The Morgan fingerprint density at radius 3 is 1.73 bits per heavy atom. The highest BCUT2D eigenvalue weighted by Crippen LogP contribution is 2.70. The molecule has 1 spiro atoms. The van der Waals surface area contributed by atoms with E-state index < -0.39 is 56.3 Å². The maximum Gasteiger partial charge on any atom is 0.355 e. The summed E-state index contributed by atoms with van der Waals surface area (Å²) in [5, 5.41) is 24.9. The fraction of sp³-hybridized carbons (Fsp3) is 0.263. The highest BCUT2D eigenvalue weighted by molar-refractivity contribution is 6.08. The van der Waals surface area contributed by atoms with Gasteiger partial charge in [-0.3, -0.25) is 20.2 Å². The van der Waals surface area contributed by atoms with Gasteiger partial charge in [0.25, 0.3) is 11.4 Å². The van der Waals surface area contributed by atoms with Gasteiger partial charge in [-0.05, 0) is 73.1 Å². The molecule has 0 radical (unpaired) electrons. The van der Waals surface area contributed by atoms with Gasteiger partial charge >= 0.3 is 11.9 Å². The smallest absolute Gasteiger partial charge is 0.355 e. The predicted octanol–water partition coefficient (Wildman–Crippen LogP) is 6.74. The zero-order valence-electron chi connectivity index (χ0n) is 27.3. The van der Waals surface area contributed by atoms with Crippen LogP contribution in [0.2, 0.25) is 0 Å². The molecule has 0 saturated carbocycles. The Hall–Kier alpha value is -5.84. The van der Waals surface area contributed by atoms with Crippen molar-refractivity contribution in [3.8, 4) is 11.1 Å². The fourth-order valence-electron chi connectivity index (χ4n) is 8.26. The van der Waals surface area contributed by atoms with E-state index in [0.29, 0.717) is 23.1 Å². The molecule has 1 unspecified atom stereocenters. The molecule has 0 bridgehead atoms. The molecule has 0 saturated heterocycles. The van der Waals surface area contributed by atoms with E-state index in [1.54, 1.807) is 32.6 Å². The van der Waals surface area contributed by atoms with Gasteiger partial charge in [0, 0.05) is 18.7 Å². The summed E-state index contributed by atoms with van der Waals surface area (Å²) in [6, 6.07) is 26.2. The average molecular weight is 660 g/mol. The summed E-state index contributed by atoms with van der Waals surface area (Å²) in [6.45, 7) is 7.02. The van der Waals surface area contributed by atoms with Gasteiger partial charge in [-0.15, -0.1) is 0 Å². The van der Waals surface area contributed by atoms with Crippen LogP contribution in [-0.2, 0) is 36.4 Å². The lowest BCUT2D eigenvalue weighted by Crippen LogP contribution is -2.59. The zero-order valence-corrected chi connectivity index (χ0v) is 27.3. The van der Waals surface area contributed by atoms with E-state index in [2.05, 4.69) is 0 Å². The van der Waals surface area contributed by atoms with E-state index in [1.807, 2.05) is 72.8 Å². The normalized spacial score (nSPS) is 18.2. The molecular weight excluding hydrogens is 626 g/mol. The molecule has 0 fully saturated rings. The molecule has 1 aliphatic carbocycles. The molecular formula is C38H33N3O8. The van der Waals surface area contributed by atoms with Gasteiger partial charge in [-0.1, -0.05) is 72.8 Å². The molecule has 1 atom stereocenters. The molecule has 11 nitrogen and oxygen atoms in total. The number of hydrogen-bond acceptors (Lipinski definition) is 9. The lowest BCUT2D eigenvalue weighted by molar-refractivity contribution is -0.394. The number of non-ortho nitro benzene ring substituents is 2. The Morgan fingerprint density at radius 2 is 1.20 bits per heavy atom. The standard InChI is InChI=1S/C38H33N3O8/c1-22(2)48-35(42)33-34(36(43)49-23(3)4)39-18-17-24-11-5-8-14-30(24)38(39,25-19-26(40(44)45)21-27(20-25)41(46)47)37(33)31-15-9-6-12-28(31)29-13-7-10-16-32(29)37/h5-16,19-23H,17-18H2,1-4H3. The van der Waals surface area contributed by atoms with Gasteiger partial charge in [-0.25, -0.2) is 9.59 Å². The van der Waals surface area contributed by atoms with Crippen LogP contribution in [-0.4, -0.2) is 45.4 Å². The molecule has 0 amide bonds. The van der Waals surface area contributed by atoms with Crippen molar-refractivity contribution in [1.82, 2.24) is 4.90 Å². The highest BCUT2D eigenvalue weighted by atomic mass is 16.6. The lowest BCUT2D eigenvalue weighted by atomic mass is 9.54. The van der Waals surface area contributed by atoms with Crippen LogP contribution in [0.3, 0.4) is 0 Å². The quantitative estimate of drug-likeness (QED) is 0.120. The summed E-state index contributed by atoms with van der Waals surface area (Å²) in [5.74, 6) is -1.53. The molecule has 4 aromatic rings. The van der Waals surface area contributed by atoms with Gasteiger partial charge < -0.3 is 14.4 Å². The third-order valence-electron chi connectivity index (χ3n) is 9.62. The monoisotopic (exact) mass is 659 g/mol. The Labute approximate surface area is 282 Å². The van der Waals surface area contributed by atoms with Crippen molar-refractivity contribution in [2.45, 2.75) is 57.3 Å². The third-order valence-corrected chi connectivity index (χ3v) is 9.62. The lowest BCUT2D eigenvalue weighted by Gasteiger charge is -2.54. The summed E-state index contributed by atoms with van der Waals surface area (Å²) < 4.78 is 11.9. The van der Waals surface area contributed by atoms with Gasteiger partial charge in [0.2, 0.25) is 0 Å². The van der Waals surface area contributed by atoms with Crippen LogP contribution in [0.1, 0.15) is 55.5 Å². The van der Waals surface area contributed by atoms with Gasteiger partial charge in [0.15, 0.2) is 0 Å². The first kappa shape index (κ1) is 31.7. The molecule has 2 aliphatic heterocycles. The summed E-state index contributed by atoms with van der Waals surface area (Å²) >= 11 is 0. The summed E-state index contributed by atoms with van der Waals surface area (Å²) in [4.78, 5) is 54.8. The molecule has 11 heteroatoms. The Balaban J connectivity index is 1.78. The molecule has 49 heavy (non-hydrogen) atoms. The Morgan fingerprint density at radius 1 is 0.714 bits per heavy atom. The highest BCUT2D eigenvalue weighted by Gasteiger charge is 2.73. The van der Waals surface area contributed by atoms with Crippen molar-refractivity contribution in [3.63, 3.8) is 0 Å². The molecule has 2 heterocycles. The Bertz CT molecular complexity index is 2040. The SMILES string of the molecule is CC(C)OC(=O)C1=C(C(=O)OC(C)C)C2(c3ccccc3-c3ccccc32)C2(c3cc([N+](=O)[O-])cc([N+](=O)[O-])c3)c3ccccc3CCN12. The molecule has 0 N–H and O–H groups in total. The second kappa shape index (κ2) is 11.4. The van der Waals surface area contributed by atoms with Crippen molar-refractivity contribution in [3.05, 3.63) is 150 Å². The third kappa shape index (κ3) is 4.34. The van der Waals surface area contributed by atoms with Crippen molar-refractivity contribution in [2.75, 3.05) is 6.54 Å². The van der Waals surface area contributed by atoms with Crippen LogP contribution >= 0.6 is 0 Å². The minimum absolute atomic E-state index is 0.00936. The number of rotatable bonds is 7. The van der Waals surface area contributed by atoms with E-state index in [0.717, 1.165) is 22.8 Å². The number of nitrogens with zero attached hydrogens (tertiary/aromatic N) is 3. The summed E-state index contributed by atoms with van der Waals surface area (Å²) in [5.41, 5.74) is 0.275. The number of esters is 2. The van der Waals surface area contributed by atoms with Gasteiger partial charge in [0.1, 0.15) is 11.2 Å². The second-order valence-corrected chi connectivity index (χ2v) is 13.0. The molecule has 248 valence electrons. The van der Waals surface area contributed by atoms with Gasteiger partial charge in [0.05, 0.1) is 39.1 Å². The number of carbonyl (C=O) groups is 2. The number of ether oxygens (including phenoxy) is 2. The Kier molecular flexibility index (Phi) is 7.38. The van der Waals surface area contributed by atoms with Crippen LogP contribution in [0.15, 0.2) is 102 Å². The van der Waals surface area contributed by atoms with Crippen molar-refractivity contribution >= 4 is 23.3 Å². The topological polar surface area (TPSA) is 142 Å². The van der Waals surface area contributed by atoms with Crippen LogP contribution in [0, 0.1) is 20.2 Å². The number of nitro benzene ring substituents is 2. The van der Waals surface area contributed by atoms with E-state index >= 15 is 0 Å². The number of nitro groups is 2. The number of carbonyl (C=O) groups excluding carboxylic acids is 2. The molecule has 3 aliphatic rings. The van der Waals surface area contributed by atoms with Crippen molar-refractivity contribution in [2.24, 2.45) is 0 Å². The second-order valence-electron chi connectivity index (χ2n) is 13.0. The van der Waals surface area contributed by atoms with Crippen LogP contribution < -0.4 is 0 Å². The van der Waals surface area contributed by atoms with E-state index in [4.69, 9.17) is 9.47 Å². The molecule has 4 aromatic carbocycles. The molecule has 7 rings (SSSR count). The van der Waals surface area contributed by atoms with Crippen molar-refractivity contribution in [1.29, 1.82) is 0 Å². The predicted molar refractivity (Wildman–Crippen MR) is 180 cm³/mol. The fourth-order valence-corrected chi connectivity index (χ4v) is 8.26. The maximum absolute atomic E-state index is 14.9.